The molecule has 606 valence electrons. The Morgan fingerprint density at radius 1 is 0.284 bits per heavy atom. The van der Waals surface area contributed by atoms with Gasteiger partial charge >= 0.3 is 39.5 Å². The van der Waals surface area contributed by atoms with E-state index in [9.17, 15) is 43.2 Å². The molecular formula is C83H162O17P2. The van der Waals surface area contributed by atoms with Gasteiger partial charge in [-0.3, -0.25) is 37.3 Å². The second-order valence-electron chi connectivity index (χ2n) is 31.1. The summed E-state index contributed by atoms with van der Waals surface area (Å²) in [6.45, 7) is 12.0. The Morgan fingerprint density at radius 3 is 0.745 bits per heavy atom. The number of phosphoric ester groups is 2. The molecular weight excluding hydrogens is 1330 g/mol. The van der Waals surface area contributed by atoms with Gasteiger partial charge in [-0.1, -0.05) is 382 Å². The van der Waals surface area contributed by atoms with Gasteiger partial charge in [0.05, 0.1) is 26.4 Å². The number of phosphoric acid groups is 2. The second-order valence-corrected chi connectivity index (χ2v) is 34.0. The maximum atomic E-state index is 13.1. The molecule has 6 atom stereocenters. The molecule has 0 amide bonds. The van der Waals surface area contributed by atoms with E-state index in [0.29, 0.717) is 25.7 Å². The molecule has 0 aliphatic rings. The monoisotopic (exact) mass is 1490 g/mol. The van der Waals surface area contributed by atoms with Gasteiger partial charge in [0.1, 0.15) is 19.3 Å². The first-order valence-electron chi connectivity index (χ1n) is 42.9. The molecule has 0 saturated carbocycles. The molecule has 17 nitrogen and oxygen atoms in total. The normalized spacial score (nSPS) is 14.2. The number of ether oxygens (including phenoxy) is 4. The quantitative estimate of drug-likeness (QED) is 0.0222. The predicted molar refractivity (Wildman–Crippen MR) is 418 cm³/mol. The summed E-state index contributed by atoms with van der Waals surface area (Å²) < 4.78 is 68.8. The van der Waals surface area contributed by atoms with Crippen molar-refractivity contribution in [3.05, 3.63) is 0 Å². The van der Waals surface area contributed by atoms with Crippen LogP contribution in [0.4, 0.5) is 0 Å². The largest absolute Gasteiger partial charge is 0.472 e. The SMILES string of the molecule is CCCCCCCCCCCCCCCCCCCC(=O)OC[C@H](COP(=O)(O)OC[C@@H](O)COP(=O)(O)OC[C@@H](COC(=O)CCCCCCCCCCCC(C)C)OC(=O)CCCCCCCCCCCCCCC(C)C)OC(=O)CCCCCCCCCCCCCCCCC(C)CC. The van der Waals surface area contributed by atoms with Crippen molar-refractivity contribution in [3.63, 3.8) is 0 Å². The fraction of sp³-hybridized carbons (Fsp3) is 0.952. The van der Waals surface area contributed by atoms with E-state index in [-0.39, 0.29) is 25.7 Å². The molecule has 0 aliphatic carbocycles. The molecule has 0 aromatic carbocycles. The highest BCUT2D eigenvalue weighted by Gasteiger charge is 2.30. The van der Waals surface area contributed by atoms with Gasteiger partial charge in [0.15, 0.2) is 12.2 Å². The van der Waals surface area contributed by atoms with Crippen molar-refractivity contribution in [3.8, 4) is 0 Å². The van der Waals surface area contributed by atoms with Crippen molar-refractivity contribution in [1.29, 1.82) is 0 Å². The molecule has 0 heterocycles. The van der Waals surface area contributed by atoms with Crippen LogP contribution in [0.2, 0.25) is 0 Å². The first-order chi connectivity index (χ1) is 49.3. The summed E-state index contributed by atoms with van der Waals surface area (Å²) in [4.78, 5) is 73.2. The van der Waals surface area contributed by atoms with Crippen LogP contribution in [0.5, 0.6) is 0 Å². The average molecular weight is 1490 g/mol. The molecule has 0 aliphatic heterocycles. The summed E-state index contributed by atoms with van der Waals surface area (Å²) in [6, 6.07) is 0. The molecule has 0 spiro atoms. The minimum Gasteiger partial charge on any atom is -0.462 e. The Kier molecular flexibility index (Phi) is 71.8. The van der Waals surface area contributed by atoms with Gasteiger partial charge < -0.3 is 33.8 Å². The molecule has 0 aromatic rings. The lowest BCUT2D eigenvalue weighted by molar-refractivity contribution is -0.161. The predicted octanol–water partition coefficient (Wildman–Crippen LogP) is 24.9. The van der Waals surface area contributed by atoms with Gasteiger partial charge in [-0.05, 0) is 43.4 Å². The number of carbonyl (C=O) groups excluding carboxylic acids is 4. The van der Waals surface area contributed by atoms with Gasteiger partial charge in [0.25, 0.3) is 0 Å². The zero-order chi connectivity index (χ0) is 75.1. The molecule has 102 heavy (non-hydrogen) atoms. The standard InChI is InChI=1S/C83H162O17P2/c1-8-10-11-12-13-14-15-16-17-18-19-23-29-36-43-50-57-64-80(85)93-70-78(99-82(87)66-59-52-45-37-30-24-21-20-22-28-35-42-49-56-63-76(7)9-2)72-97-101(89,90)95-68-77(84)69-96-102(91,92)98-73-79(71-94-81(86)65-58-51-44-39-32-34-41-48-55-62-75(5)6)100-83(88)67-60-53-46-38-31-26-25-27-33-40-47-54-61-74(3)4/h74-79,84H,8-73H2,1-7H3,(H,89,90)(H,91,92)/t76?,77-,78-,79-/m1/s1. The number of aliphatic hydroxyl groups is 1. The van der Waals surface area contributed by atoms with Crippen LogP contribution in [0.25, 0.3) is 0 Å². The maximum absolute atomic E-state index is 13.1. The molecule has 0 bridgehead atoms. The molecule has 19 heteroatoms. The van der Waals surface area contributed by atoms with Crippen molar-refractivity contribution in [1.82, 2.24) is 0 Å². The summed E-state index contributed by atoms with van der Waals surface area (Å²) >= 11 is 0. The molecule has 3 unspecified atom stereocenters. The van der Waals surface area contributed by atoms with Crippen molar-refractivity contribution in [2.24, 2.45) is 17.8 Å². The summed E-state index contributed by atoms with van der Waals surface area (Å²) in [7, 11) is -9.93. The lowest BCUT2D eigenvalue weighted by Crippen LogP contribution is -2.30. The minimum atomic E-state index is -4.96. The van der Waals surface area contributed by atoms with Gasteiger partial charge in [-0.25, -0.2) is 9.13 Å². The molecule has 0 radical (unpaired) electrons. The number of unbranched alkanes of at least 4 members (excludes halogenated alkanes) is 48. The van der Waals surface area contributed by atoms with E-state index < -0.39 is 97.5 Å². The zero-order valence-electron chi connectivity index (χ0n) is 67.1. The number of aliphatic hydroxyl groups excluding tert-OH is 1. The molecule has 3 N–H and O–H groups in total. The van der Waals surface area contributed by atoms with Crippen molar-refractivity contribution in [2.45, 2.75) is 452 Å². The second kappa shape index (κ2) is 73.2. The Balaban J connectivity index is 5.27. The minimum absolute atomic E-state index is 0.107. The number of hydrogen-bond acceptors (Lipinski definition) is 15. The molecule has 0 aromatic heterocycles. The highest BCUT2D eigenvalue weighted by molar-refractivity contribution is 7.47. The van der Waals surface area contributed by atoms with Crippen LogP contribution >= 0.6 is 15.6 Å². The summed E-state index contributed by atoms with van der Waals surface area (Å²) in [5.74, 6) is 0.259. The topological polar surface area (TPSA) is 237 Å². The number of rotatable bonds is 81. The van der Waals surface area contributed by atoms with Crippen LogP contribution in [0.3, 0.4) is 0 Å². The summed E-state index contributed by atoms with van der Waals surface area (Å²) in [6.07, 6.45) is 62.3. The van der Waals surface area contributed by atoms with Gasteiger partial charge in [0, 0.05) is 25.7 Å². The fourth-order valence-corrected chi connectivity index (χ4v) is 14.4. The summed E-state index contributed by atoms with van der Waals surface area (Å²) in [5.41, 5.74) is 0. The average Bonchev–Trinajstić information content (AvgIpc) is 0.911. The van der Waals surface area contributed by atoms with Crippen molar-refractivity contribution < 1.29 is 80.2 Å². The van der Waals surface area contributed by atoms with Gasteiger partial charge in [-0.2, -0.15) is 0 Å². The third-order valence-corrected chi connectivity index (χ3v) is 21.6. The van der Waals surface area contributed by atoms with Crippen LogP contribution in [-0.4, -0.2) is 96.7 Å². The van der Waals surface area contributed by atoms with Crippen LogP contribution in [0.15, 0.2) is 0 Å². The van der Waals surface area contributed by atoms with E-state index >= 15 is 0 Å². The third-order valence-electron chi connectivity index (χ3n) is 19.7. The van der Waals surface area contributed by atoms with Crippen LogP contribution < -0.4 is 0 Å². The number of hydrogen-bond donors (Lipinski definition) is 3. The highest BCUT2D eigenvalue weighted by atomic mass is 31.2. The van der Waals surface area contributed by atoms with Gasteiger partial charge in [0.2, 0.25) is 0 Å². The third kappa shape index (κ3) is 74.9. The number of esters is 4. The van der Waals surface area contributed by atoms with Crippen LogP contribution in [0.1, 0.15) is 434 Å². The fourth-order valence-electron chi connectivity index (χ4n) is 12.8. The van der Waals surface area contributed by atoms with Crippen LogP contribution in [0, 0.1) is 17.8 Å². The smallest absolute Gasteiger partial charge is 0.462 e. The Hall–Kier alpha value is -1.94. The summed E-state index contributed by atoms with van der Waals surface area (Å²) in [5, 5.41) is 10.7. The molecule has 0 rings (SSSR count). The van der Waals surface area contributed by atoms with E-state index in [4.69, 9.17) is 37.0 Å². The van der Waals surface area contributed by atoms with E-state index in [1.54, 1.807) is 0 Å². The van der Waals surface area contributed by atoms with E-state index in [2.05, 4.69) is 48.5 Å². The van der Waals surface area contributed by atoms with Crippen molar-refractivity contribution in [2.75, 3.05) is 39.6 Å². The van der Waals surface area contributed by atoms with E-state index in [1.807, 2.05) is 0 Å². The highest BCUT2D eigenvalue weighted by Crippen LogP contribution is 2.45. The Morgan fingerprint density at radius 2 is 0.500 bits per heavy atom. The molecule has 0 fully saturated rings. The van der Waals surface area contributed by atoms with E-state index in [0.717, 1.165) is 108 Å². The van der Waals surface area contributed by atoms with Crippen molar-refractivity contribution >= 4 is 39.5 Å². The maximum Gasteiger partial charge on any atom is 0.472 e. The first kappa shape index (κ1) is 100. The van der Waals surface area contributed by atoms with Crippen LogP contribution in [-0.2, 0) is 65.4 Å². The number of carbonyl (C=O) groups is 4. The lowest BCUT2D eigenvalue weighted by Gasteiger charge is -2.21. The zero-order valence-corrected chi connectivity index (χ0v) is 68.9. The Labute approximate surface area is 626 Å². The van der Waals surface area contributed by atoms with E-state index in [1.165, 1.54) is 244 Å². The lowest BCUT2D eigenvalue weighted by atomic mass is 9.99. The van der Waals surface area contributed by atoms with Gasteiger partial charge in [-0.15, -0.1) is 0 Å². The molecule has 0 saturated heterocycles. The Bertz CT molecular complexity index is 1980. The first-order valence-corrected chi connectivity index (χ1v) is 45.9.